The molecule has 7 heteroatoms. The lowest BCUT2D eigenvalue weighted by Gasteiger charge is -2.42. The SMILES string of the molecule is CC(C)Oc1cccc(CC(=O)N2CCCC[C@@](CCN3CCC(N4CCCCC4)CC3)(c3ccc(Cl)c(Cl)c3)C2)c1. The van der Waals surface area contributed by atoms with E-state index in [1.165, 1.54) is 50.8 Å². The Kier molecular flexibility index (Phi) is 11.1. The second kappa shape index (κ2) is 14.8. The summed E-state index contributed by atoms with van der Waals surface area (Å²) in [6.45, 7) is 11.5. The van der Waals surface area contributed by atoms with E-state index in [-0.39, 0.29) is 17.4 Å². The van der Waals surface area contributed by atoms with Gasteiger partial charge in [-0.1, -0.05) is 54.2 Å². The van der Waals surface area contributed by atoms with Gasteiger partial charge in [0.15, 0.2) is 0 Å². The van der Waals surface area contributed by atoms with Crippen LogP contribution in [0.2, 0.25) is 10.0 Å². The zero-order valence-corrected chi connectivity index (χ0v) is 27.1. The first-order valence-electron chi connectivity index (χ1n) is 16.3. The van der Waals surface area contributed by atoms with Gasteiger partial charge < -0.3 is 19.4 Å². The quantitative estimate of drug-likeness (QED) is 0.291. The van der Waals surface area contributed by atoms with Crippen molar-refractivity contribution in [3.63, 3.8) is 0 Å². The number of halogens is 2. The van der Waals surface area contributed by atoms with Crippen LogP contribution in [0.1, 0.15) is 82.8 Å². The highest BCUT2D eigenvalue weighted by atomic mass is 35.5. The second-order valence-electron chi connectivity index (χ2n) is 13.1. The van der Waals surface area contributed by atoms with E-state index < -0.39 is 0 Å². The average molecular weight is 615 g/mol. The third-order valence-corrected chi connectivity index (χ3v) is 10.4. The number of hydrogen-bond acceptors (Lipinski definition) is 4. The highest BCUT2D eigenvalue weighted by Gasteiger charge is 2.38. The molecule has 230 valence electrons. The molecule has 5 rings (SSSR count). The number of hydrogen-bond donors (Lipinski definition) is 0. The topological polar surface area (TPSA) is 36.0 Å². The fourth-order valence-corrected chi connectivity index (χ4v) is 7.66. The Bertz CT molecular complexity index is 1180. The molecule has 0 unspecified atom stereocenters. The van der Waals surface area contributed by atoms with Crippen molar-refractivity contribution in [2.75, 3.05) is 45.8 Å². The number of rotatable bonds is 9. The molecule has 3 aliphatic heterocycles. The molecule has 3 heterocycles. The molecule has 0 radical (unpaired) electrons. The molecule has 0 spiro atoms. The van der Waals surface area contributed by atoms with Gasteiger partial charge in [-0.05, 0) is 127 Å². The number of benzene rings is 2. The Hall–Kier alpha value is -1.79. The molecule has 3 saturated heterocycles. The molecule has 1 atom stereocenters. The minimum Gasteiger partial charge on any atom is -0.491 e. The standard InChI is InChI=1S/C35H49Cl2N3O2/c1-27(2)42-31-10-8-9-28(23-31)24-34(41)40-19-7-4-15-35(26-40,29-11-12-32(36)33(37)25-29)16-22-38-20-13-30(14-21-38)39-17-5-3-6-18-39/h8-12,23,25,27,30H,3-7,13-22,24,26H2,1-2H3/t35-/m0/s1. The minimum atomic E-state index is -0.146. The van der Waals surface area contributed by atoms with E-state index in [2.05, 4.69) is 26.8 Å². The predicted molar refractivity (Wildman–Crippen MR) is 174 cm³/mol. The number of carbonyl (C=O) groups is 1. The van der Waals surface area contributed by atoms with Crippen molar-refractivity contribution in [2.24, 2.45) is 0 Å². The van der Waals surface area contributed by atoms with E-state index in [1.807, 2.05) is 44.2 Å². The molecule has 42 heavy (non-hydrogen) atoms. The van der Waals surface area contributed by atoms with Crippen molar-refractivity contribution in [1.29, 1.82) is 0 Å². The van der Waals surface area contributed by atoms with E-state index >= 15 is 0 Å². The fourth-order valence-electron chi connectivity index (χ4n) is 7.36. The molecule has 0 bridgehead atoms. The number of ether oxygens (including phenoxy) is 1. The van der Waals surface area contributed by atoms with E-state index in [1.54, 1.807) is 0 Å². The Morgan fingerprint density at radius 1 is 0.929 bits per heavy atom. The maximum Gasteiger partial charge on any atom is 0.227 e. The van der Waals surface area contributed by atoms with Crippen LogP contribution >= 0.6 is 23.2 Å². The summed E-state index contributed by atoms with van der Waals surface area (Å²) < 4.78 is 5.89. The average Bonchev–Trinajstić information content (AvgIpc) is 3.22. The summed E-state index contributed by atoms with van der Waals surface area (Å²) in [4.78, 5) is 21.3. The summed E-state index contributed by atoms with van der Waals surface area (Å²) >= 11 is 13.0. The molecule has 0 aromatic heterocycles. The third kappa shape index (κ3) is 8.22. The highest BCUT2D eigenvalue weighted by molar-refractivity contribution is 6.42. The van der Waals surface area contributed by atoms with Gasteiger partial charge in [0.05, 0.1) is 22.6 Å². The van der Waals surface area contributed by atoms with Crippen LogP contribution in [0.5, 0.6) is 5.75 Å². The molecule has 5 nitrogen and oxygen atoms in total. The van der Waals surface area contributed by atoms with Crippen LogP contribution in [0.25, 0.3) is 0 Å². The monoisotopic (exact) mass is 613 g/mol. The molecule has 0 saturated carbocycles. The van der Waals surface area contributed by atoms with Crippen molar-refractivity contribution in [1.82, 2.24) is 14.7 Å². The van der Waals surface area contributed by atoms with Gasteiger partial charge in [0.1, 0.15) is 5.75 Å². The van der Waals surface area contributed by atoms with Crippen LogP contribution in [0, 0.1) is 0 Å². The van der Waals surface area contributed by atoms with Gasteiger partial charge in [-0.15, -0.1) is 0 Å². The number of piperidine rings is 2. The van der Waals surface area contributed by atoms with Gasteiger partial charge in [-0.25, -0.2) is 0 Å². The van der Waals surface area contributed by atoms with E-state index in [0.29, 0.717) is 16.5 Å². The summed E-state index contributed by atoms with van der Waals surface area (Å²) in [5.74, 6) is 1.01. The fraction of sp³-hybridized carbons (Fsp3) is 0.629. The van der Waals surface area contributed by atoms with Gasteiger partial charge in [0.25, 0.3) is 0 Å². The molecule has 2 aromatic rings. The normalized spacial score (nSPS) is 23.2. The van der Waals surface area contributed by atoms with E-state index in [0.717, 1.165) is 75.8 Å². The van der Waals surface area contributed by atoms with Gasteiger partial charge >= 0.3 is 0 Å². The summed E-state index contributed by atoms with van der Waals surface area (Å²) in [6, 6.07) is 14.9. The lowest BCUT2D eigenvalue weighted by atomic mass is 9.73. The van der Waals surface area contributed by atoms with Gasteiger partial charge in [-0.3, -0.25) is 4.79 Å². The smallest absolute Gasteiger partial charge is 0.227 e. The van der Waals surface area contributed by atoms with Gasteiger partial charge in [0.2, 0.25) is 5.91 Å². The van der Waals surface area contributed by atoms with E-state index in [4.69, 9.17) is 27.9 Å². The molecule has 2 aromatic carbocycles. The highest BCUT2D eigenvalue weighted by Crippen LogP contribution is 2.40. The van der Waals surface area contributed by atoms with Crippen molar-refractivity contribution in [3.8, 4) is 5.75 Å². The molecular formula is C35H49Cl2N3O2. The first-order valence-corrected chi connectivity index (χ1v) is 17.0. The predicted octanol–water partition coefficient (Wildman–Crippen LogP) is 7.61. The zero-order chi connectivity index (χ0) is 29.5. The number of nitrogens with zero attached hydrogens (tertiary/aromatic N) is 3. The minimum absolute atomic E-state index is 0.101. The summed E-state index contributed by atoms with van der Waals surface area (Å²) in [7, 11) is 0. The largest absolute Gasteiger partial charge is 0.491 e. The lowest BCUT2D eigenvalue weighted by molar-refractivity contribution is -0.131. The first kappa shape index (κ1) is 31.6. The van der Waals surface area contributed by atoms with Crippen molar-refractivity contribution >= 4 is 29.1 Å². The Morgan fingerprint density at radius 3 is 2.43 bits per heavy atom. The summed E-state index contributed by atoms with van der Waals surface area (Å²) in [5, 5.41) is 1.18. The number of amides is 1. The number of carbonyl (C=O) groups excluding carboxylic acids is 1. The molecule has 0 N–H and O–H groups in total. The maximum absolute atomic E-state index is 13.8. The second-order valence-corrected chi connectivity index (χ2v) is 13.9. The Labute approximate surface area is 263 Å². The first-order chi connectivity index (χ1) is 20.3. The van der Waals surface area contributed by atoms with E-state index in [9.17, 15) is 4.79 Å². The van der Waals surface area contributed by atoms with Crippen molar-refractivity contribution in [2.45, 2.75) is 95.6 Å². The van der Waals surface area contributed by atoms with Crippen LogP contribution < -0.4 is 4.74 Å². The zero-order valence-electron chi connectivity index (χ0n) is 25.6. The van der Waals surface area contributed by atoms with Gasteiger partial charge in [-0.2, -0.15) is 0 Å². The molecule has 0 aliphatic carbocycles. The van der Waals surface area contributed by atoms with Crippen LogP contribution in [-0.4, -0.2) is 78.6 Å². The third-order valence-electron chi connectivity index (χ3n) is 9.71. The summed E-state index contributed by atoms with van der Waals surface area (Å²) in [6.07, 6.45) is 11.3. The molecule has 1 amide bonds. The molecule has 3 fully saturated rings. The molecular weight excluding hydrogens is 565 g/mol. The van der Waals surface area contributed by atoms with Crippen LogP contribution in [-0.2, 0) is 16.6 Å². The van der Waals surface area contributed by atoms with Crippen LogP contribution in [0.3, 0.4) is 0 Å². The lowest BCUT2D eigenvalue weighted by Crippen LogP contribution is -2.48. The molecule has 3 aliphatic rings. The van der Waals surface area contributed by atoms with Crippen LogP contribution in [0.4, 0.5) is 0 Å². The van der Waals surface area contributed by atoms with Gasteiger partial charge in [0, 0.05) is 24.5 Å². The maximum atomic E-state index is 13.8. The Morgan fingerprint density at radius 2 is 1.69 bits per heavy atom. The van der Waals surface area contributed by atoms with Crippen molar-refractivity contribution < 1.29 is 9.53 Å². The number of likely N-dealkylation sites (tertiary alicyclic amines) is 3. The van der Waals surface area contributed by atoms with Crippen molar-refractivity contribution in [3.05, 3.63) is 63.6 Å². The Balaban J connectivity index is 1.29. The van der Waals surface area contributed by atoms with Crippen LogP contribution in [0.15, 0.2) is 42.5 Å². The summed E-state index contributed by atoms with van der Waals surface area (Å²) in [5.41, 5.74) is 2.07.